The Hall–Kier alpha value is -4.46. The molecule has 3 aromatic rings. The SMILES string of the molecule is CNCCCn1c(N)nc2c1ccc[n+]2CC1=C(C(=O)[O-])N2C(=O)[C@@H](NC(=O)/C(=N/O[C@@H](C)C(=O)O)c3nc(N)sc3Cl)[C@H]2SC1. The lowest BCUT2D eigenvalue weighted by molar-refractivity contribution is -0.664. The molecule has 1 saturated heterocycles. The molecule has 0 unspecified atom stereocenters. The van der Waals surface area contributed by atoms with Gasteiger partial charge in [-0.3, -0.25) is 19.1 Å². The number of thiazole rings is 1. The highest BCUT2D eigenvalue weighted by atomic mass is 35.5. The van der Waals surface area contributed by atoms with Crippen LogP contribution in [0.2, 0.25) is 4.34 Å². The Morgan fingerprint density at radius 1 is 1.35 bits per heavy atom. The summed E-state index contributed by atoms with van der Waals surface area (Å²) in [6, 6.07) is 2.52. The first-order chi connectivity index (χ1) is 21.9. The number of nitrogens with one attached hydrogen (secondary N) is 2. The maximum atomic E-state index is 13.3. The monoisotopic (exact) mass is 692 g/mol. The lowest BCUT2D eigenvalue weighted by atomic mass is 10.0. The van der Waals surface area contributed by atoms with E-state index in [1.807, 2.05) is 17.7 Å². The Labute approximate surface area is 274 Å². The van der Waals surface area contributed by atoms with Crippen molar-refractivity contribution in [1.82, 2.24) is 30.1 Å². The third-order valence-corrected chi connectivity index (χ3v) is 9.62. The number of nitrogens with zero attached hydrogens (tertiary/aromatic N) is 6. The number of carbonyl (C=O) groups excluding carboxylic acids is 3. The molecule has 0 saturated carbocycles. The second-order valence-electron chi connectivity index (χ2n) is 10.2. The van der Waals surface area contributed by atoms with Crippen LogP contribution in [-0.2, 0) is 37.1 Å². The molecule has 2 aliphatic rings. The number of thioether (sulfide) groups is 1. The van der Waals surface area contributed by atoms with Gasteiger partial charge in [-0.1, -0.05) is 28.1 Å². The summed E-state index contributed by atoms with van der Waals surface area (Å²) in [5, 5.41) is 30.0. The van der Waals surface area contributed by atoms with E-state index < -0.39 is 47.0 Å². The van der Waals surface area contributed by atoms with Gasteiger partial charge in [-0.05, 0) is 44.1 Å². The molecule has 2 amide bonds. The zero-order chi connectivity index (χ0) is 33.3. The van der Waals surface area contributed by atoms with Gasteiger partial charge in [-0.15, -0.1) is 11.8 Å². The Balaban J connectivity index is 1.38. The van der Waals surface area contributed by atoms with Crippen molar-refractivity contribution in [3.05, 3.63) is 39.6 Å². The number of amides is 2. The third-order valence-electron chi connectivity index (χ3n) is 7.20. The Bertz CT molecular complexity index is 1790. The molecule has 20 heteroatoms. The number of anilines is 2. The smallest absolute Gasteiger partial charge is 0.351 e. The highest BCUT2D eigenvalue weighted by Crippen LogP contribution is 2.40. The predicted octanol–water partition coefficient (Wildman–Crippen LogP) is -1.49. The van der Waals surface area contributed by atoms with Crippen LogP contribution in [0, 0.1) is 0 Å². The first-order valence-electron chi connectivity index (χ1n) is 13.8. The molecule has 46 heavy (non-hydrogen) atoms. The number of fused-ring (bicyclic) bond motifs is 2. The fraction of sp³-hybridized carbons (Fsp3) is 0.385. The van der Waals surface area contributed by atoms with Gasteiger partial charge in [-0.25, -0.2) is 14.3 Å². The van der Waals surface area contributed by atoms with Crippen LogP contribution in [0.5, 0.6) is 0 Å². The average molecular weight is 693 g/mol. The summed E-state index contributed by atoms with van der Waals surface area (Å²) in [6.07, 6.45) is 1.14. The maximum Gasteiger partial charge on any atom is 0.351 e. The maximum absolute atomic E-state index is 13.3. The average Bonchev–Trinajstić information content (AvgIpc) is 3.52. The molecule has 1 fully saturated rings. The van der Waals surface area contributed by atoms with Crippen molar-refractivity contribution in [2.75, 3.05) is 30.8 Å². The van der Waals surface area contributed by atoms with Crippen LogP contribution >= 0.6 is 34.7 Å². The summed E-state index contributed by atoms with van der Waals surface area (Å²) < 4.78 is 3.62. The number of carbonyl (C=O) groups is 4. The van der Waals surface area contributed by atoms with Gasteiger partial charge in [0.15, 0.2) is 10.8 Å². The van der Waals surface area contributed by atoms with Crippen molar-refractivity contribution in [3.63, 3.8) is 0 Å². The summed E-state index contributed by atoms with van der Waals surface area (Å²) in [5.41, 5.74) is 12.7. The van der Waals surface area contributed by atoms with Crippen LogP contribution in [0.25, 0.3) is 11.2 Å². The van der Waals surface area contributed by atoms with Crippen LogP contribution in [0.3, 0.4) is 0 Å². The van der Waals surface area contributed by atoms with Crippen LogP contribution in [0.15, 0.2) is 34.8 Å². The molecule has 244 valence electrons. The summed E-state index contributed by atoms with van der Waals surface area (Å²) in [7, 11) is 1.86. The van der Waals surface area contributed by atoms with Crippen molar-refractivity contribution in [2.24, 2.45) is 5.16 Å². The van der Waals surface area contributed by atoms with E-state index in [1.54, 1.807) is 16.8 Å². The van der Waals surface area contributed by atoms with E-state index in [4.69, 9.17) is 33.0 Å². The van der Waals surface area contributed by atoms with Gasteiger partial charge in [0.25, 0.3) is 11.8 Å². The number of hydrogen-bond donors (Lipinski definition) is 5. The number of aliphatic carboxylic acids is 2. The minimum Gasteiger partial charge on any atom is -0.543 e. The number of aryl methyl sites for hydroxylation is 1. The van der Waals surface area contributed by atoms with E-state index in [0.29, 0.717) is 23.7 Å². The highest BCUT2D eigenvalue weighted by molar-refractivity contribution is 8.00. The van der Waals surface area contributed by atoms with Gasteiger partial charge >= 0.3 is 17.6 Å². The number of pyridine rings is 1. The van der Waals surface area contributed by atoms with Crippen LogP contribution in [0.4, 0.5) is 11.1 Å². The molecule has 0 radical (unpaired) electrons. The molecule has 17 nitrogen and oxygen atoms in total. The van der Waals surface area contributed by atoms with Crippen LogP contribution < -0.4 is 31.8 Å². The molecule has 0 spiro atoms. The number of aromatic nitrogens is 4. The quantitative estimate of drug-likeness (QED) is 0.0451. The predicted molar refractivity (Wildman–Crippen MR) is 166 cm³/mol. The van der Waals surface area contributed by atoms with Crippen molar-refractivity contribution in [2.45, 2.75) is 44.0 Å². The number of hydrogen-bond acceptors (Lipinski definition) is 14. The summed E-state index contributed by atoms with van der Waals surface area (Å²) >= 11 is 8.26. The van der Waals surface area contributed by atoms with Crippen molar-refractivity contribution in [3.8, 4) is 0 Å². The second-order valence-corrected chi connectivity index (χ2v) is 13.0. The van der Waals surface area contributed by atoms with E-state index >= 15 is 0 Å². The second kappa shape index (κ2) is 13.5. The summed E-state index contributed by atoms with van der Waals surface area (Å²) in [6.45, 7) is 2.71. The minimum atomic E-state index is -1.55. The van der Waals surface area contributed by atoms with E-state index in [-0.39, 0.29) is 33.2 Å². The number of carboxylic acid groups (broad SMARTS) is 2. The molecular formula is C26H29ClN10O7S2. The Morgan fingerprint density at radius 2 is 2.11 bits per heavy atom. The fourth-order valence-electron chi connectivity index (χ4n) is 4.97. The van der Waals surface area contributed by atoms with E-state index in [9.17, 15) is 24.3 Å². The number of imidazole rings is 1. The number of halogens is 1. The molecule has 5 rings (SSSR count). The normalized spacial score (nSPS) is 18.7. The van der Waals surface area contributed by atoms with Gasteiger partial charge in [0, 0.05) is 17.9 Å². The Kier molecular flexibility index (Phi) is 9.66. The van der Waals surface area contributed by atoms with Gasteiger partial charge in [0.05, 0.1) is 17.9 Å². The molecule has 5 heterocycles. The highest BCUT2D eigenvalue weighted by Gasteiger charge is 2.53. The van der Waals surface area contributed by atoms with Crippen LogP contribution in [-0.4, -0.2) is 90.9 Å². The minimum absolute atomic E-state index is 0.00795. The molecule has 3 atom stereocenters. The zero-order valence-corrected chi connectivity index (χ0v) is 26.8. The van der Waals surface area contributed by atoms with E-state index in [2.05, 4.69) is 25.8 Å². The molecular weight excluding hydrogens is 664 g/mol. The van der Waals surface area contributed by atoms with Gasteiger partial charge in [-0.2, -0.15) is 0 Å². The number of oxime groups is 1. The number of β-lactam (4-membered cyclic amide) rings is 1. The number of rotatable bonds is 13. The molecule has 0 bridgehead atoms. The topological polar surface area (TPSA) is 247 Å². The Morgan fingerprint density at radius 3 is 2.76 bits per heavy atom. The summed E-state index contributed by atoms with van der Waals surface area (Å²) in [4.78, 5) is 64.7. The molecule has 7 N–H and O–H groups in total. The van der Waals surface area contributed by atoms with Gasteiger partial charge in [0.2, 0.25) is 6.10 Å². The number of nitrogen functional groups attached to an aromatic ring is 2. The van der Waals surface area contributed by atoms with E-state index in [1.165, 1.54) is 18.7 Å². The first kappa shape index (κ1) is 32.9. The van der Waals surface area contributed by atoms with Crippen molar-refractivity contribution >= 4 is 86.4 Å². The third kappa shape index (κ3) is 6.30. The van der Waals surface area contributed by atoms with Gasteiger partial charge in [0.1, 0.15) is 33.5 Å². The lowest BCUT2D eigenvalue weighted by Gasteiger charge is -2.50. The molecule has 0 aliphatic carbocycles. The summed E-state index contributed by atoms with van der Waals surface area (Å²) in [5.74, 6) is -4.04. The number of nitrogens with two attached hydrogens (primary N) is 2. The molecule has 3 aromatic heterocycles. The lowest BCUT2D eigenvalue weighted by Crippen LogP contribution is -2.71. The molecule has 0 aromatic carbocycles. The van der Waals surface area contributed by atoms with Crippen molar-refractivity contribution in [1.29, 1.82) is 0 Å². The van der Waals surface area contributed by atoms with Crippen LogP contribution in [0.1, 0.15) is 19.0 Å². The number of carboxylic acids is 2. The van der Waals surface area contributed by atoms with Crippen molar-refractivity contribution < 1.29 is 38.8 Å². The fourth-order valence-corrected chi connectivity index (χ4v) is 7.24. The van der Waals surface area contributed by atoms with E-state index in [0.717, 1.165) is 34.7 Å². The first-order valence-corrected chi connectivity index (χ1v) is 16.0. The largest absolute Gasteiger partial charge is 0.543 e. The zero-order valence-electron chi connectivity index (χ0n) is 24.4. The standard InChI is InChI=1S/C26H29ClN10O7S2/c1-11(23(40)41)44-34-15(14-18(27)46-26(29)32-14)20(38)31-16-21(39)37-17(24(42)43)12(10-45-22(16)37)9-35-7-3-5-13-19(35)33-25(28)36(13)8-4-6-30-2/h3,5,7,11,16,22,28,30H,4,6,8-10H2,1-2H3,(H5,29,31,32,38,40,41,42,43)/b34-15+/t11-,16+,22+/m0/s1. The van der Waals surface area contributed by atoms with Gasteiger partial charge < -0.3 is 41.9 Å². The molecule has 2 aliphatic heterocycles.